The highest BCUT2D eigenvalue weighted by Gasteiger charge is 2.30. The lowest BCUT2D eigenvalue weighted by molar-refractivity contribution is -0.386. The van der Waals surface area contributed by atoms with Gasteiger partial charge in [0.15, 0.2) is 0 Å². The number of rotatable bonds is 6. The Morgan fingerprint density at radius 2 is 2.15 bits per heavy atom. The van der Waals surface area contributed by atoms with Crippen molar-refractivity contribution in [3.05, 3.63) is 27.9 Å². The second-order valence-corrected chi connectivity index (χ2v) is 3.85. The number of nitrogens with zero attached hydrogens (tertiary/aromatic N) is 2. The lowest BCUT2D eigenvalue weighted by atomic mass is 9.96. The largest absolute Gasteiger partial charge is 0.481 e. The Kier molecular flexibility index (Phi) is 5.13. The number of hydrogen-bond acceptors (Lipinski definition) is 7. The van der Waals surface area contributed by atoms with Crippen molar-refractivity contribution in [2.45, 2.75) is 19.8 Å². The Morgan fingerprint density at radius 1 is 1.50 bits per heavy atom. The Labute approximate surface area is 114 Å². The average molecular weight is 282 g/mol. The van der Waals surface area contributed by atoms with Crippen LogP contribution in [0.15, 0.2) is 12.3 Å². The van der Waals surface area contributed by atoms with E-state index in [4.69, 9.17) is 4.74 Å². The molecule has 8 heteroatoms. The molecule has 0 aliphatic heterocycles. The summed E-state index contributed by atoms with van der Waals surface area (Å²) in [4.78, 5) is 37.2. The van der Waals surface area contributed by atoms with Crippen LogP contribution in [0.4, 0.5) is 5.69 Å². The molecule has 0 N–H and O–H groups in total. The molecule has 1 unspecified atom stereocenters. The number of ketones is 1. The molecule has 8 nitrogen and oxygen atoms in total. The van der Waals surface area contributed by atoms with Gasteiger partial charge in [0.2, 0.25) is 11.7 Å². The van der Waals surface area contributed by atoms with Gasteiger partial charge in [0, 0.05) is 11.6 Å². The van der Waals surface area contributed by atoms with E-state index < -0.39 is 22.6 Å². The van der Waals surface area contributed by atoms with Gasteiger partial charge in [-0.25, -0.2) is 9.78 Å². The van der Waals surface area contributed by atoms with Gasteiger partial charge in [0.1, 0.15) is 6.20 Å². The molecule has 1 rings (SSSR count). The Bertz CT molecular complexity index is 543. The molecule has 0 bridgehead atoms. The van der Waals surface area contributed by atoms with Crippen LogP contribution in [0.3, 0.4) is 0 Å². The number of hydrogen-bond donors (Lipinski definition) is 0. The average Bonchev–Trinajstić information content (AvgIpc) is 2.45. The molecule has 0 saturated carbocycles. The molecule has 0 aliphatic carbocycles. The fourth-order valence-corrected chi connectivity index (χ4v) is 1.57. The molecule has 1 aromatic heterocycles. The number of Topliss-reactive ketones (excluding diaryl/α,β-unsaturated/α-hetero) is 1. The first-order valence-corrected chi connectivity index (χ1v) is 5.81. The van der Waals surface area contributed by atoms with Crippen LogP contribution in [0.25, 0.3) is 0 Å². The molecular formula is C12H14N2O6. The number of methoxy groups -OCH3 is 1. The highest BCUT2D eigenvalue weighted by molar-refractivity contribution is 6.35. The lowest BCUT2D eigenvalue weighted by Gasteiger charge is -2.11. The van der Waals surface area contributed by atoms with E-state index in [0.29, 0.717) is 0 Å². The molecule has 0 aliphatic rings. The first-order chi connectivity index (χ1) is 9.42. The van der Waals surface area contributed by atoms with Crippen molar-refractivity contribution in [1.82, 2.24) is 4.98 Å². The third-order valence-electron chi connectivity index (χ3n) is 2.63. The molecule has 108 valence electrons. The quantitative estimate of drug-likeness (QED) is 0.334. The summed E-state index contributed by atoms with van der Waals surface area (Å²) in [5, 5.41) is 10.9. The lowest BCUT2D eigenvalue weighted by Crippen LogP contribution is -2.23. The van der Waals surface area contributed by atoms with Gasteiger partial charge in [-0.2, -0.15) is 0 Å². The van der Waals surface area contributed by atoms with Crippen molar-refractivity contribution in [2.24, 2.45) is 0 Å². The molecule has 0 amide bonds. The number of aromatic nitrogens is 1. The van der Waals surface area contributed by atoms with Crippen molar-refractivity contribution < 1.29 is 24.0 Å². The van der Waals surface area contributed by atoms with Crippen molar-refractivity contribution in [3.63, 3.8) is 0 Å². The summed E-state index contributed by atoms with van der Waals surface area (Å²) in [6.07, 6.45) is 0.989. The summed E-state index contributed by atoms with van der Waals surface area (Å²) in [5.41, 5.74) is -0.296. The van der Waals surface area contributed by atoms with Crippen LogP contribution in [0.5, 0.6) is 5.88 Å². The zero-order chi connectivity index (χ0) is 15.3. The normalized spacial score (nSPS) is 11.6. The number of esters is 1. The van der Waals surface area contributed by atoms with Crippen LogP contribution in [0, 0.1) is 10.1 Å². The minimum absolute atomic E-state index is 0.0546. The zero-order valence-electron chi connectivity index (χ0n) is 11.3. The predicted molar refractivity (Wildman–Crippen MR) is 67.5 cm³/mol. The number of pyridine rings is 1. The molecule has 1 aromatic rings. The Morgan fingerprint density at radius 3 is 2.65 bits per heavy atom. The summed E-state index contributed by atoms with van der Waals surface area (Å²) in [6.45, 7) is 3.01. The van der Waals surface area contributed by atoms with Crippen LogP contribution in [0.1, 0.15) is 25.3 Å². The first kappa shape index (κ1) is 15.5. The maximum atomic E-state index is 11.8. The second kappa shape index (κ2) is 6.60. The van der Waals surface area contributed by atoms with Gasteiger partial charge in [-0.15, -0.1) is 0 Å². The third-order valence-corrected chi connectivity index (χ3v) is 2.63. The van der Waals surface area contributed by atoms with Crippen molar-refractivity contribution in [2.75, 3.05) is 13.7 Å². The number of carbonyl (C=O) groups excluding carboxylic acids is 2. The minimum atomic E-state index is -1.02. The first-order valence-electron chi connectivity index (χ1n) is 5.81. The van der Waals surface area contributed by atoms with E-state index in [1.807, 2.05) is 0 Å². The molecule has 1 heterocycles. The van der Waals surface area contributed by atoms with E-state index in [-0.39, 0.29) is 23.7 Å². The summed E-state index contributed by atoms with van der Waals surface area (Å²) in [7, 11) is 1.34. The van der Waals surface area contributed by atoms with Gasteiger partial charge >= 0.3 is 5.97 Å². The van der Waals surface area contributed by atoms with Crippen molar-refractivity contribution in [3.8, 4) is 5.88 Å². The molecule has 0 saturated heterocycles. The highest BCUT2D eigenvalue weighted by Crippen LogP contribution is 2.29. The summed E-state index contributed by atoms with van der Waals surface area (Å²) >= 11 is 0. The van der Waals surface area contributed by atoms with E-state index in [9.17, 15) is 19.7 Å². The van der Waals surface area contributed by atoms with Gasteiger partial charge in [0.05, 0.1) is 24.6 Å². The fourth-order valence-electron chi connectivity index (χ4n) is 1.57. The predicted octanol–water partition coefficient (Wildman–Crippen LogP) is 1.23. The van der Waals surface area contributed by atoms with Gasteiger partial charge in [-0.05, 0) is 6.92 Å². The molecule has 0 fully saturated rings. The van der Waals surface area contributed by atoms with Crippen molar-refractivity contribution in [1.29, 1.82) is 0 Å². The Balaban J connectivity index is 3.18. The van der Waals surface area contributed by atoms with Crippen LogP contribution in [0.2, 0.25) is 0 Å². The number of nitro groups is 1. The van der Waals surface area contributed by atoms with E-state index in [1.54, 1.807) is 6.92 Å². The van der Waals surface area contributed by atoms with Gasteiger partial charge in [-0.3, -0.25) is 14.9 Å². The van der Waals surface area contributed by atoms with Crippen LogP contribution in [-0.2, 0) is 14.3 Å². The SMILES string of the molecule is CCOC(=O)C(=O)C(C)c1cc(OC)ncc1[N+](=O)[O-]. The number of carbonyl (C=O) groups is 2. The van der Waals surface area contributed by atoms with E-state index in [0.717, 1.165) is 6.20 Å². The van der Waals surface area contributed by atoms with E-state index in [1.165, 1.54) is 20.1 Å². The van der Waals surface area contributed by atoms with Crippen LogP contribution in [-0.4, -0.2) is 35.4 Å². The maximum absolute atomic E-state index is 11.8. The maximum Gasteiger partial charge on any atom is 0.375 e. The fraction of sp³-hybridized carbons (Fsp3) is 0.417. The third kappa shape index (κ3) is 3.28. The van der Waals surface area contributed by atoms with E-state index >= 15 is 0 Å². The standard InChI is InChI=1S/C12H14N2O6/c1-4-20-12(16)11(15)7(2)8-5-10(19-3)13-6-9(8)14(17)18/h5-7H,4H2,1-3H3. The van der Waals surface area contributed by atoms with Crippen molar-refractivity contribution >= 4 is 17.4 Å². The smallest absolute Gasteiger partial charge is 0.375 e. The molecule has 20 heavy (non-hydrogen) atoms. The van der Waals surface area contributed by atoms with Crippen LogP contribution < -0.4 is 4.74 Å². The summed E-state index contributed by atoms with van der Waals surface area (Å²) < 4.78 is 9.46. The molecule has 0 spiro atoms. The van der Waals surface area contributed by atoms with E-state index in [2.05, 4.69) is 9.72 Å². The minimum Gasteiger partial charge on any atom is -0.481 e. The van der Waals surface area contributed by atoms with Gasteiger partial charge < -0.3 is 9.47 Å². The topological polar surface area (TPSA) is 109 Å². The summed E-state index contributed by atoms with van der Waals surface area (Å²) in [5.74, 6) is -2.78. The molecule has 0 aromatic carbocycles. The molecule has 1 atom stereocenters. The zero-order valence-corrected chi connectivity index (χ0v) is 11.3. The van der Waals surface area contributed by atoms with Gasteiger partial charge in [0.25, 0.3) is 5.69 Å². The Hall–Kier alpha value is -2.51. The highest BCUT2D eigenvalue weighted by atomic mass is 16.6. The molecular weight excluding hydrogens is 268 g/mol. The summed E-state index contributed by atoms with van der Waals surface area (Å²) in [6, 6.07) is 1.26. The van der Waals surface area contributed by atoms with Crippen LogP contribution >= 0.6 is 0 Å². The molecule has 0 radical (unpaired) electrons. The second-order valence-electron chi connectivity index (χ2n) is 3.85. The monoisotopic (exact) mass is 282 g/mol. The number of ether oxygens (including phenoxy) is 2. The van der Waals surface area contributed by atoms with Gasteiger partial charge in [-0.1, -0.05) is 6.92 Å².